The minimum atomic E-state index is -6.00. The van der Waals surface area contributed by atoms with E-state index in [-0.39, 0.29) is 0 Å². The number of rotatable bonds is 1. The van der Waals surface area contributed by atoms with Gasteiger partial charge >= 0.3 is 29.7 Å². The van der Waals surface area contributed by atoms with Crippen molar-refractivity contribution in [3.05, 3.63) is 12.7 Å². The van der Waals surface area contributed by atoms with Crippen LogP contribution in [-0.4, -0.2) is 36.8 Å². The Morgan fingerprint density at radius 1 is 1.00 bits per heavy atom. The van der Waals surface area contributed by atoms with Crippen molar-refractivity contribution < 1.29 is 44.7 Å². The first-order valence-electron chi connectivity index (χ1n) is 4.48. The van der Waals surface area contributed by atoms with Crippen LogP contribution in [0.3, 0.4) is 0 Å². The number of methoxy groups -OCH3 is 1. The van der Waals surface area contributed by atoms with Gasteiger partial charge in [0.2, 0.25) is 0 Å². The van der Waals surface area contributed by atoms with Crippen molar-refractivity contribution >= 4 is 5.97 Å². The smallest absolute Gasteiger partial charge is 0.378 e. The van der Waals surface area contributed by atoms with Crippen molar-refractivity contribution in [1.82, 2.24) is 0 Å². The van der Waals surface area contributed by atoms with Crippen LogP contribution >= 0.6 is 0 Å². The molecular formula is C9H8F8O2. The minimum Gasteiger partial charge on any atom is -0.466 e. The van der Waals surface area contributed by atoms with Crippen LogP contribution < -0.4 is 0 Å². The lowest BCUT2D eigenvalue weighted by Crippen LogP contribution is -2.51. The molecule has 0 aliphatic heterocycles. The van der Waals surface area contributed by atoms with Gasteiger partial charge in [0, 0.05) is 6.08 Å². The fraction of sp³-hybridized carbons (Fsp3) is 0.667. The number of esters is 1. The largest absolute Gasteiger partial charge is 0.466 e. The summed E-state index contributed by atoms with van der Waals surface area (Å²) in [6.45, 7) is 3.16. The average molecular weight is 300 g/mol. The van der Waals surface area contributed by atoms with Crippen molar-refractivity contribution in [3.63, 3.8) is 0 Å². The first kappa shape index (κ1) is 17.6. The number of hydrogen-bond acceptors (Lipinski definition) is 2. The third-order valence-corrected chi connectivity index (χ3v) is 2.12. The first-order valence-corrected chi connectivity index (χ1v) is 4.48. The van der Waals surface area contributed by atoms with Crippen LogP contribution in [0.15, 0.2) is 12.7 Å². The van der Waals surface area contributed by atoms with Gasteiger partial charge in [-0.1, -0.05) is 6.58 Å². The Morgan fingerprint density at radius 2 is 1.32 bits per heavy atom. The fourth-order valence-corrected chi connectivity index (χ4v) is 1.04. The van der Waals surface area contributed by atoms with E-state index in [9.17, 15) is 39.9 Å². The van der Waals surface area contributed by atoms with Gasteiger partial charge < -0.3 is 4.74 Å². The van der Waals surface area contributed by atoms with Gasteiger partial charge in [0.15, 0.2) is 0 Å². The van der Waals surface area contributed by atoms with Crippen LogP contribution in [0.25, 0.3) is 0 Å². The Balaban J connectivity index is 0.000000459. The summed E-state index contributed by atoms with van der Waals surface area (Å²) >= 11 is 0. The summed E-state index contributed by atoms with van der Waals surface area (Å²) in [5.74, 6) is -23.1. The molecule has 0 amide bonds. The van der Waals surface area contributed by atoms with E-state index in [2.05, 4.69) is 11.3 Å². The maximum absolute atomic E-state index is 12.0. The normalized spacial score (nSPS) is 24.9. The molecule has 10 heteroatoms. The van der Waals surface area contributed by atoms with Crippen molar-refractivity contribution in [1.29, 1.82) is 0 Å². The molecule has 112 valence electrons. The standard InChI is InChI=1S/C5H2F8.C4H6O2/c6-2(7)1-3(8,9)5(12,13)4(2,10)11;1-3-4(5)6-2/h1H2;3H,1H2,2H3. The summed E-state index contributed by atoms with van der Waals surface area (Å²) in [6, 6.07) is 0. The SMILES string of the molecule is C=CC(=O)OC.FC1(F)CC(F)(F)C(F)(F)C1(F)F. The zero-order valence-corrected chi connectivity index (χ0v) is 9.33. The van der Waals surface area contributed by atoms with Gasteiger partial charge in [0.1, 0.15) is 0 Å². The van der Waals surface area contributed by atoms with E-state index in [0.717, 1.165) is 6.08 Å². The van der Waals surface area contributed by atoms with Gasteiger partial charge in [-0.25, -0.2) is 4.79 Å². The molecule has 1 saturated carbocycles. The van der Waals surface area contributed by atoms with E-state index < -0.39 is 36.1 Å². The molecule has 0 spiro atoms. The highest BCUT2D eigenvalue weighted by Gasteiger charge is 2.88. The lowest BCUT2D eigenvalue weighted by atomic mass is 10.2. The predicted molar refractivity (Wildman–Crippen MR) is 46.6 cm³/mol. The molecule has 1 aliphatic carbocycles. The second-order valence-electron chi connectivity index (χ2n) is 3.46. The van der Waals surface area contributed by atoms with E-state index in [1.165, 1.54) is 7.11 Å². The number of ether oxygens (including phenoxy) is 1. The maximum Gasteiger partial charge on any atom is 0.378 e. The molecule has 0 radical (unpaired) electrons. The summed E-state index contributed by atoms with van der Waals surface area (Å²) < 4.78 is 100. The third-order valence-electron chi connectivity index (χ3n) is 2.12. The van der Waals surface area contributed by atoms with Crippen molar-refractivity contribution in [3.8, 4) is 0 Å². The summed E-state index contributed by atoms with van der Waals surface area (Å²) in [6.07, 6.45) is -1.72. The second-order valence-corrected chi connectivity index (χ2v) is 3.46. The summed E-state index contributed by atoms with van der Waals surface area (Å²) in [7, 11) is 1.31. The highest BCUT2D eigenvalue weighted by atomic mass is 19.4. The minimum absolute atomic E-state index is 0.394. The van der Waals surface area contributed by atoms with Crippen LogP contribution in [0, 0.1) is 0 Å². The molecule has 0 bridgehead atoms. The van der Waals surface area contributed by atoms with E-state index >= 15 is 0 Å². The van der Waals surface area contributed by atoms with E-state index in [0.29, 0.717) is 0 Å². The van der Waals surface area contributed by atoms with Gasteiger partial charge in [0.05, 0.1) is 13.5 Å². The molecule has 0 aromatic heterocycles. The van der Waals surface area contributed by atoms with E-state index in [1.54, 1.807) is 0 Å². The quantitative estimate of drug-likeness (QED) is 0.422. The van der Waals surface area contributed by atoms with Crippen LogP contribution in [0.5, 0.6) is 0 Å². The molecule has 2 nitrogen and oxygen atoms in total. The van der Waals surface area contributed by atoms with Crippen LogP contribution in [0.1, 0.15) is 6.42 Å². The van der Waals surface area contributed by atoms with Crippen LogP contribution in [-0.2, 0) is 9.53 Å². The van der Waals surface area contributed by atoms with Gasteiger partial charge in [-0.15, -0.1) is 0 Å². The number of hydrogen-bond donors (Lipinski definition) is 0. The summed E-state index contributed by atoms with van der Waals surface area (Å²) in [5, 5.41) is 0. The molecule has 0 aromatic carbocycles. The lowest BCUT2D eigenvalue weighted by molar-refractivity contribution is -0.303. The molecule has 0 N–H and O–H groups in total. The number of halogens is 8. The first-order chi connectivity index (χ1) is 8.27. The molecule has 0 atom stereocenters. The molecule has 0 saturated heterocycles. The zero-order chi connectivity index (χ0) is 15.7. The molecule has 1 aliphatic rings. The Morgan fingerprint density at radius 3 is 1.37 bits per heavy atom. The van der Waals surface area contributed by atoms with Crippen molar-refractivity contribution in [2.24, 2.45) is 0 Å². The molecule has 1 fully saturated rings. The predicted octanol–water partition coefficient (Wildman–Crippen LogP) is 3.28. The van der Waals surface area contributed by atoms with Gasteiger partial charge in [0.25, 0.3) is 0 Å². The molecule has 0 heterocycles. The fourth-order valence-electron chi connectivity index (χ4n) is 1.04. The van der Waals surface area contributed by atoms with Gasteiger partial charge in [-0.3, -0.25) is 0 Å². The van der Waals surface area contributed by atoms with Crippen LogP contribution in [0.2, 0.25) is 0 Å². The lowest BCUT2D eigenvalue weighted by Gasteiger charge is -2.23. The molecule has 19 heavy (non-hydrogen) atoms. The number of alkyl halides is 8. The third kappa shape index (κ3) is 2.81. The maximum atomic E-state index is 12.0. The second kappa shape index (κ2) is 4.97. The molecule has 0 unspecified atom stereocenters. The molecular weight excluding hydrogens is 292 g/mol. The topological polar surface area (TPSA) is 26.3 Å². The highest BCUT2D eigenvalue weighted by molar-refractivity contribution is 5.80. The van der Waals surface area contributed by atoms with Gasteiger partial charge in [-0.2, -0.15) is 35.1 Å². The van der Waals surface area contributed by atoms with Crippen molar-refractivity contribution in [2.75, 3.05) is 7.11 Å². The van der Waals surface area contributed by atoms with E-state index in [1.807, 2.05) is 0 Å². The number of carbonyl (C=O) groups is 1. The summed E-state index contributed by atoms with van der Waals surface area (Å²) in [4.78, 5) is 9.84. The molecule has 1 rings (SSSR count). The van der Waals surface area contributed by atoms with Crippen molar-refractivity contribution in [2.45, 2.75) is 30.1 Å². The zero-order valence-electron chi connectivity index (χ0n) is 9.33. The van der Waals surface area contributed by atoms with Gasteiger partial charge in [-0.05, 0) is 0 Å². The summed E-state index contributed by atoms with van der Waals surface area (Å²) in [5.41, 5.74) is 0. The van der Waals surface area contributed by atoms with E-state index in [4.69, 9.17) is 0 Å². The molecule has 0 aromatic rings. The number of carbonyl (C=O) groups excluding carboxylic acids is 1. The monoisotopic (exact) mass is 300 g/mol. The average Bonchev–Trinajstić information content (AvgIpc) is 2.33. The highest BCUT2D eigenvalue weighted by Crippen LogP contribution is 2.62. The Bertz CT molecular complexity index is 339. The Labute approximate surface area is 102 Å². The Kier molecular flexibility index (Phi) is 4.62. The van der Waals surface area contributed by atoms with Crippen LogP contribution in [0.4, 0.5) is 35.1 Å². The Hall–Kier alpha value is -1.35.